The largest absolute Gasteiger partial charge is 0.303 e. The van der Waals surface area contributed by atoms with Gasteiger partial charge in [0.1, 0.15) is 6.29 Å². The predicted molar refractivity (Wildman–Crippen MR) is 106 cm³/mol. The Kier molecular flexibility index (Phi) is 5.90. The molecule has 1 heterocycles. The van der Waals surface area contributed by atoms with Gasteiger partial charge in [0.2, 0.25) is 0 Å². The second-order valence-corrected chi connectivity index (χ2v) is 8.05. The molecule has 2 aromatic carbocycles. The number of carbonyl (C=O) groups is 1. The third-order valence-corrected chi connectivity index (χ3v) is 5.65. The van der Waals surface area contributed by atoms with Crippen LogP contribution in [0.5, 0.6) is 0 Å². The van der Waals surface area contributed by atoms with Crippen LogP contribution in [-0.2, 0) is 10.2 Å². The third kappa shape index (κ3) is 4.12. The van der Waals surface area contributed by atoms with E-state index in [0.29, 0.717) is 5.92 Å². The Labute approximate surface area is 152 Å². The van der Waals surface area contributed by atoms with Crippen LogP contribution in [0.4, 0.5) is 0 Å². The summed E-state index contributed by atoms with van der Waals surface area (Å²) in [4.78, 5) is 15.0. The van der Waals surface area contributed by atoms with Crippen molar-refractivity contribution in [3.05, 3.63) is 48.0 Å². The maximum absolute atomic E-state index is 12.5. The number of carbonyl (C=O) groups excluding carboxylic acids is 1. The highest BCUT2D eigenvalue weighted by Crippen LogP contribution is 2.37. The number of hydrogen-bond donors (Lipinski definition) is 0. The Morgan fingerprint density at radius 3 is 2.48 bits per heavy atom. The van der Waals surface area contributed by atoms with Gasteiger partial charge in [-0.05, 0) is 67.6 Å². The van der Waals surface area contributed by atoms with Crippen LogP contribution < -0.4 is 0 Å². The summed E-state index contributed by atoms with van der Waals surface area (Å²) in [7, 11) is 0. The van der Waals surface area contributed by atoms with E-state index in [2.05, 4.69) is 61.2 Å². The lowest BCUT2D eigenvalue weighted by atomic mass is 9.71. The number of likely N-dealkylation sites (tertiary alicyclic amines) is 1. The third-order valence-electron chi connectivity index (χ3n) is 5.65. The number of hydrogen-bond acceptors (Lipinski definition) is 2. The normalized spacial score (nSPS) is 18.4. The highest BCUT2D eigenvalue weighted by molar-refractivity contribution is 5.90. The minimum atomic E-state index is -0.382. The van der Waals surface area contributed by atoms with E-state index in [9.17, 15) is 4.79 Å². The molecule has 2 nitrogen and oxygen atoms in total. The molecule has 3 rings (SSSR count). The zero-order chi connectivity index (χ0) is 17.7. The molecule has 1 aliphatic rings. The number of nitrogens with zero attached hydrogens (tertiary/aromatic N) is 1. The van der Waals surface area contributed by atoms with Crippen molar-refractivity contribution in [1.82, 2.24) is 4.90 Å². The van der Waals surface area contributed by atoms with Crippen LogP contribution >= 0.6 is 0 Å². The second kappa shape index (κ2) is 8.14. The first-order valence-electron chi connectivity index (χ1n) is 9.81. The molecule has 1 unspecified atom stereocenters. The van der Waals surface area contributed by atoms with Gasteiger partial charge in [0.05, 0.1) is 5.41 Å². The molecule has 0 radical (unpaired) electrons. The van der Waals surface area contributed by atoms with Gasteiger partial charge in [-0.1, -0.05) is 62.7 Å². The molecule has 2 aromatic rings. The number of rotatable bonds is 7. The molecule has 1 atom stereocenters. The van der Waals surface area contributed by atoms with Crippen LogP contribution in [0, 0.1) is 5.92 Å². The van der Waals surface area contributed by atoms with E-state index in [0.717, 1.165) is 19.4 Å². The monoisotopic (exact) mass is 337 g/mol. The lowest BCUT2D eigenvalue weighted by Gasteiger charge is -2.35. The van der Waals surface area contributed by atoms with Gasteiger partial charge < -0.3 is 9.69 Å². The minimum absolute atomic E-state index is 0.382. The second-order valence-electron chi connectivity index (χ2n) is 8.05. The Balaban J connectivity index is 1.95. The summed E-state index contributed by atoms with van der Waals surface area (Å²) >= 11 is 0. The van der Waals surface area contributed by atoms with Crippen molar-refractivity contribution < 1.29 is 4.79 Å². The van der Waals surface area contributed by atoms with E-state index in [-0.39, 0.29) is 5.41 Å². The quantitative estimate of drug-likeness (QED) is 0.647. The average Bonchev–Trinajstić information content (AvgIpc) is 2.65. The van der Waals surface area contributed by atoms with Crippen LogP contribution in [0.3, 0.4) is 0 Å². The molecule has 0 saturated carbocycles. The zero-order valence-electron chi connectivity index (χ0n) is 15.7. The van der Waals surface area contributed by atoms with Gasteiger partial charge in [-0.2, -0.15) is 0 Å². The minimum Gasteiger partial charge on any atom is -0.303 e. The summed E-state index contributed by atoms with van der Waals surface area (Å²) in [5.41, 5.74) is 0.832. The van der Waals surface area contributed by atoms with E-state index < -0.39 is 0 Å². The van der Waals surface area contributed by atoms with Crippen LogP contribution in [0.1, 0.15) is 51.5 Å². The van der Waals surface area contributed by atoms with Gasteiger partial charge in [0, 0.05) is 0 Å². The number of piperidine rings is 1. The molecule has 0 spiro atoms. The van der Waals surface area contributed by atoms with Crippen molar-refractivity contribution in [3.63, 3.8) is 0 Å². The number of aldehydes is 1. The summed E-state index contributed by atoms with van der Waals surface area (Å²) in [5.74, 6) is 0.491. The standard InChI is InChI=1S/C23H31NO/c1-19(2)17-23(18-25,13-16-24-14-6-3-7-15-24)22-12-8-10-20-9-4-5-11-21(20)22/h4-5,8-12,18-19H,3,6-7,13-17H2,1-2H3. The maximum atomic E-state index is 12.5. The van der Waals surface area contributed by atoms with Crippen molar-refractivity contribution in [2.24, 2.45) is 5.92 Å². The molecule has 0 aromatic heterocycles. The fourth-order valence-electron chi connectivity index (χ4n) is 4.45. The van der Waals surface area contributed by atoms with Crippen molar-refractivity contribution in [2.45, 2.75) is 51.4 Å². The molecular weight excluding hydrogens is 306 g/mol. The van der Waals surface area contributed by atoms with Crippen LogP contribution in [0.25, 0.3) is 10.8 Å². The van der Waals surface area contributed by atoms with Crippen molar-refractivity contribution in [1.29, 1.82) is 0 Å². The lowest BCUT2D eigenvalue weighted by Crippen LogP contribution is -2.38. The first kappa shape index (κ1) is 18.1. The van der Waals surface area contributed by atoms with Crippen molar-refractivity contribution in [3.8, 4) is 0 Å². The van der Waals surface area contributed by atoms with Crippen LogP contribution in [-0.4, -0.2) is 30.8 Å². The Bertz CT molecular complexity index is 697. The van der Waals surface area contributed by atoms with Gasteiger partial charge in [0.25, 0.3) is 0 Å². The average molecular weight is 338 g/mol. The summed E-state index contributed by atoms with van der Waals surface area (Å²) in [6.07, 6.45) is 7.03. The number of fused-ring (bicyclic) bond motifs is 1. The van der Waals surface area contributed by atoms with Crippen LogP contribution in [0.15, 0.2) is 42.5 Å². The predicted octanol–water partition coefficient (Wildman–Crippen LogP) is 5.20. The van der Waals surface area contributed by atoms with Gasteiger partial charge in [-0.3, -0.25) is 0 Å². The smallest absolute Gasteiger partial charge is 0.130 e. The van der Waals surface area contributed by atoms with E-state index in [1.54, 1.807) is 0 Å². The fraction of sp³-hybridized carbons (Fsp3) is 0.522. The Hall–Kier alpha value is -1.67. The van der Waals surface area contributed by atoms with E-state index in [1.165, 1.54) is 55.0 Å². The van der Waals surface area contributed by atoms with Crippen molar-refractivity contribution in [2.75, 3.05) is 19.6 Å². The molecular formula is C23H31NO. The van der Waals surface area contributed by atoms with E-state index in [4.69, 9.17) is 0 Å². The zero-order valence-corrected chi connectivity index (χ0v) is 15.7. The topological polar surface area (TPSA) is 20.3 Å². The highest BCUT2D eigenvalue weighted by Gasteiger charge is 2.34. The molecule has 1 fully saturated rings. The first-order valence-corrected chi connectivity index (χ1v) is 9.81. The first-order chi connectivity index (χ1) is 12.1. The van der Waals surface area contributed by atoms with Crippen molar-refractivity contribution >= 4 is 17.1 Å². The molecule has 1 aliphatic heterocycles. The molecule has 0 amide bonds. The SMILES string of the molecule is CC(C)CC(C=O)(CCN1CCCCC1)c1cccc2ccccc12. The molecule has 134 valence electrons. The van der Waals surface area contributed by atoms with Gasteiger partial charge in [-0.25, -0.2) is 0 Å². The lowest BCUT2D eigenvalue weighted by molar-refractivity contribution is -0.113. The highest BCUT2D eigenvalue weighted by atomic mass is 16.1. The summed E-state index contributed by atoms with van der Waals surface area (Å²) in [6, 6.07) is 14.9. The van der Waals surface area contributed by atoms with Gasteiger partial charge in [-0.15, -0.1) is 0 Å². The van der Waals surface area contributed by atoms with Gasteiger partial charge in [0.15, 0.2) is 0 Å². The Morgan fingerprint density at radius 1 is 1.04 bits per heavy atom. The van der Waals surface area contributed by atoms with Gasteiger partial charge >= 0.3 is 0 Å². The molecule has 25 heavy (non-hydrogen) atoms. The molecule has 0 bridgehead atoms. The fourth-order valence-corrected chi connectivity index (χ4v) is 4.45. The summed E-state index contributed by atoms with van der Waals surface area (Å²) in [6.45, 7) is 7.85. The summed E-state index contributed by atoms with van der Waals surface area (Å²) < 4.78 is 0. The number of benzene rings is 2. The van der Waals surface area contributed by atoms with E-state index >= 15 is 0 Å². The molecule has 0 aliphatic carbocycles. The van der Waals surface area contributed by atoms with Crippen LogP contribution in [0.2, 0.25) is 0 Å². The maximum Gasteiger partial charge on any atom is 0.130 e. The van der Waals surface area contributed by atoms with E-state index in [1.807, 2.05) is 0 Å². The Morgan fingerprint density at radius 2 is 1.76 bits per heavy atom. The molecule has 0 N–H and O–H groups in total. The summed E-state index contributed by atoms with van der Waals surface area (Å²) in [5, 5.41) is 2.46. The molecule has 1 saturated heterocycles. The molecule has 2 heteroatoms.